The molecule has 0 aliphatic carbocycles. The van der Waals surface area contributed by atoms with E-state index < -0.39 is 0 Å². The number of rotatable bonds is 6. The summed E-state index contributed by atoms with van der Waals surface area (Å²) < 4.78 is 15.5. The lowest BCUT2D eigenvalue weighted by molar-refractivity contribution is 0.666. The van der Waals surface area contributed by atoms with Crippen molar-refractivity contribution >= 4 is 82.9 Å². The summed E-state index contributed by atoms with van der Waals surface area (Å²) in [5, 5.41) is 6.60. The number of aliphatic imine (C=N–C) groups is 2. The first-order valence-corrected chi connectivity index (χ1v) is 19.4. The van der Waals surface area contributed by atoms with Crippen LogP contribution in [0.2, 0.25) is 0 Å². The zero-order chi connectivity index (χ0) is 38.7. The van der Waals surface area contributed by atoms with Crippen LogP contribution in [0.3, 0.4) is 0 Å². The van der Waals surface area contributed by atoms with Crippen molar-refractivity contribution in [3.63, 3.8) is 0 Å². The third kappa shape index (κ3) is 5.47. The number of benzene rings is 8. The fourth-order valence-corrected chi connectivity index (χ4v) is 8.35. The van der Waals surface area contributed by atoms with E-state index >= 15 is 0 Å². The van der Waals surface area contributed by atoms with E-state index in [1.54, 1.807) is 0 Å². The molecule has 0 atom stereocenters. The molecule has 58 heavy (non-hydrogen) atoms. The number of para-hydroxylation sites is 4. The maximum atomic E-state index is 6.84. The number of hydrogen-bond acceptors (Lipinski definition) is 3. The van der Waals surface area contributed by atoms with E-state index in [4.69, 9.17) is 18.8 Å². The highest BCUT2D eigenvalue weighted by atomic mass is 16.3. The molecule has 0 spiro atoms. The molecule has 0 N–H and O–H groups in total. The molecule has 5 nitrogen and oxygen atoms in total. The second-order valence-corrected chi connectivity index (χ2v) is 14.6. The molecular weight excluding hydrogens is 711 g/mol. The molecule has 11 aromatic rings. The second-order valence-electron chi connectivity index (χ2n) is 14.6. The second kappa shape index (κ2) is 13.5. The Kier molecular flexibility index (Phi) is 7.79. The predicted molar refractivity (Wildman–Crippen MR) is 241 cm³/mol. The Labute approximate surface area is 334 Å². The van der Waals surface area contributed by atoms with Crippen LogP contribution in [0.15, 0.2) is 207 Å². The van der Waals surface area contributed by atoms with Crippen molar-refractivity contribution in [2.75, 3.05) is 0 Å². The molecule has 0 radical (unpaired) electrons. The van der Waals surface area contributed by atoms with Crippen LogP contribution < -0.4 is 0 Å². The summed E-state index contributed by atoms with van der Waals surface area (Å²) >= 11 is 0. The van der Waals surface area contributed by atoms with Crippen molar-refractivity contribution in [1.82, 2.24) is 4.57 Å². The first-order chi connectivity index (χ1) is 28.6. The molecule has 3 aromatic heterocycles. The van der Waals surface area contributed by atoms with Gasteiger partial charge in [0.15, 0.2) is 11.4 Å². The predicted octanol–water partition coefficient (Wildman–Crippen LogP) is 14.2. The molecule has 0 fully saturated rings. The van der Waals surface area contributed by atoms with Crippen molar-refractivity contribution in [1.29, 1.82) is 0 Å². The Hall–Kier alpha value is -7.76. The highest BCUT2D eigenvalue weighted by molar-refractivity contribution is 6.17. The smallest absolute Gasteiger partial charge is 0.160 e. The fraction of sp³-hybridized carbons (Fsp3) is 0.0189. The molecule has 3 heterocycles. The van der Waals surface area contributed by atoms with E-state index in [9.17, 15) is 0 Å². The van der Waals surface area contributed by atoms with Gasteiger partial charge in [0.1, 0.15) is 16.7 Å². The minimum Gasteiger partial charge on any atom is -0.455 e. The van der Waals surface area contributed by atoms with Crippen LogP contribution in [0, 0.1) is 0 Å². The van der Waals surface area contributed by atoms with Crippen molar-refractivity contribution in [2.24, 2.45) is 9.98 Å². The van der Waals surface area contributed by atoms with Crippen LogP contribution in [0.25, 0.3) is 88.2 Å². The van der Waals surface area contributed by atoms with Crippen molar-refractivity contribution < 1.29 is 8.83 Å². The maximum absolute atomic E-state index is 6.84. The third-order valence-electron chi connectivity index (χ3n) is 11.2. The molecule has 274 valence electrons. The van der Waals surface area contributed by atoms with Crippen molar-refractivity contribution in [2.45, 2.75) is 6.92 Å². The third-order valence-corrected chi connectivity index (χ3v) is 11.2. The van der Waals surface area contributed by atoms with Gasteiger partial charge in [-0.05, 0) is 72.1 Å². The number of fused-ring (bicyclic) bond motifs is 9. The van der Waals surface area contributed by atoms with Gasteiger partial charge in [-0.15, -0.1) is 0 Å². The normalized spacial score (nSPS) is 12.5. The maximum Gasteiger partial charge on any atom is 0.160 e. The van der Waals surface area contributed by atoms with Crippen LogP contribution in [0.1, 0.15) is 23.6 Å². The monoisotopic (exact) mass is 745 g/mol. The Bertz CT molecular complexity index is 3470. The molecule has 0 aliphatic heterocycles. The van der Waals surface area contributed by atoms with Crippen LogP contribution >= 0.6 is 0 Å². The van der Waals surface area contributed by atoms with E-state index in [-0.39, 0.29) is 0 Å². The lowest BCUT2D eigenvalue weighted by Crippen LogP contribution is -2.04. The number of hydrogen-bond donors (Lipinski definition) is 0. The van der Waals surface area contributed by atoms with Gasteiger partial charge in [-0.2, -0.15) is 0 Å². The first kappa shape index (κ1) is 33.6. The van der Waals surface area contributed by atoms with Gasteiger partial charge in [0.2, 0.25) is 0 Å². The summed E-state index contributed by atoms with van der Waals surface area (Å²) in [6.07, 6.45) is 0. The zero-order valence-electron chi connectivity index (χ0n) is 31.7. The Morgan fingerprint density at radius 3 is 1.97 bits per heavy atom. The number of furan rings is 2. The van der Waals surface area contributed by atoms with Gasteiger partial charge in [0.05, 0.1) is 22.4 Å². The number of aromatic nitrogens is 1. The summed E-state index contributed by atoms with van der Waals surface area (Å²) in [4.78, 5) is 10.2. The standard InChI is InChI=1S/C53H35N3O2/c1-33(54-53(36-17-7-4-8-18-36)55-34(2)39-21-13-22-43-41-20-10-12-26-49(41)57-51(39)43)37-27-29-42-44-23-14-25-48(52(44)58-50(42)32-37)56-46-24-11-9-19-40(46)45-31-38(28-30-47(45)56)35-15-5-3-6-16-35/h3-32H,2H2,1H3/b54-33+,55-53-. The van der Waals surface area contributed by atoms with Gasteiger partial charge in [-0.1, -0.05) is 140 Å². The SMILES string of the molecule is C=C(/N=C(\N=C(/C)c1ccc2c(c1)oc1c(-n3c4ccccc4c4cc(-c5ccccc5)ccc43)cccc12)c1ccccc1)c1cccc2c1oc1ccccc12. The van der Waals surface area contributed by atoms with Crippen molar-refractivity contribution in [3.8, 4) is 16.8 Å². The molecule has 0 saturated heterocycles. The van der Waals surface area contributed by atoms with E-state index in [0.717, 1.165) is 83.0 Å². The summed E-state index contributed by atoms with van der Waals surface area (Å²) in [7, 11) is 0. The van der Waals surface area contributed by atoms with Gasteiger partial charge in [-0.25, -0.2) is 9.98 Å². The van der Waals surface area contributed by atoms with E-state index in [2.05, 4.69) is 132 Å². The Balaban J connectivity index is 1.01. The van der Waals surface area contributed by atoms with Crippen molar-refractivity contribution in [3.05, 3.63) is 205 Å². The highest BCUT2D eigenvalue weighted by Crippen LogP contribution is 2.40. The van der Waals surface area contributed by atoms with E-state index in [1.165, 1.54) is 21.9 Å². The minimum atomic E-state index is 0.560. The molecule has 11 rings (SSSR count). The molecule has 0 saturated carbocycles. The number of amidine groups is 1. The van der Waals surface area contributed by atoms with Crippen LogP contribution in [-0.2, 0) is 0 Å². The van der Waals surface area contributed by atoms with E-state index in [1.807, 2.05) is 67.6 Å². The topological polar surface area (TPSA) is 55.9 Å². The Morgan fingerprint density at radius 2 is 1.12 bits per heavy atom. The summed E-state index contributed by atoms with van der Waals surface area (Å²) in [6, 6.07) is 62.8. The first-order valence-electron chi connectivity index (χ1n) is 19.4. The molecular formula is C53H35N3O2. The van der Waals surface area contributed by atoms with Crippen LogP contribution in [0.4, 0.5) is 0 Å². The minimum absolute atomic E-state index is 0.560. The van der Waals surface area contributed by atoms with Crippen LogP contribution in [-0.4, -0.2) is 16.1 Å². The molecule has 0 amide bonds. The van der Waals surface area contributed by atoms with E-state index in [0.29, 0.717) is 11.5 Å². The fourth-order valence-electron chi connectivity index (χ4n) is 8.35. The number of nitrogens with zero attached hydrogens (tertiary/aromatic N) is 3. The van der Waals surface area contributed by atoms with Gasteiger partial charge in [0, 0.05) is 49.2 Å². The molecule has 0 bridgehead atoms. The zero-order valence-corrected chi connectivity index (χ0v) is 31.7. The summed E-state index contributed by atoms with van der Waals surface area (Å²) in [6.45, 7) is 6.42. The lowest BCUT2D eigenvalue weighted by Gasteiger charge is -2.09. The average Bonchev–Trinajstić information content (AvgIpc) is 3.96. The highest BCUT2D eigenvalue weighted by Gasteiger charge is 2.19. The van der Waals surface area contributed by atoms with Gasteiger partial charge >= 0.3 is 0 Å². The van der Waals surface area contributed by atoms with Crippen LogP contribution in [0.5, 0.6) is 0 Å². The van der Waals surface area contributed by atoms with Gasteiger partial charge in [0.25, 0.3) is 0 Å². The Morgan fingerprint density at radius 1 is 0.466 bits per heavy atom. The molecule has 0 unspecified atom stereocenters. The molecule has 5 heteroatoms. The lowest BCUT2D eigenvalue weighted by atomic mass is 10.0. The quantitative estimate of drug-likeness (QED) is 0.126. The average molecular weight is 746 g/mol. The largest absolute Gasteiger partial charge is 0.455 e. The molecule has 8 aromatic carbocycles. The summed E-state index contributed by atoms with van der Waals surface area (Å²) in [5.74, 6) is 0.560. The summed E-state index contributed by atoms with van der Waals surface area (Å²) in [5.41, 5.74) is 12.9. The van der Waals surface area contributed by atoms with Gasteiger partial charge < -0.3 is 13.4 Å². The molecule has 0 aliphatic rings. The van der Waals surface area contributed by atoms with Gasteiger partial charge in [-0.3, -0.25) is 0 Å².